The molecule has 122 valence electrons. The summed E-state index contributed by atoms with van der Waals surface area (Å²) in [7, 11) is 1.65. The van der Waals surface area contributed by atoms with E-state index in [1.54, 1.807) is 7.11 Å². The van der Waals surface area contributed by atoms with Gasteiger partial charge in [0.15, 0.2) is 0 Å². The van der Waals surface area contributed by atoms with Crippen molar-refractivity contribution in [2.45, 2.75) is 39.2 Å². The van der Waals surface area contributed by atoms with E-state index in [2.05, 4.69) is 17.6 Å². The molecule has 22 heavy (non-hydrogen) atoms. The number of carbonyl (C=O) groups excluding carboxylic acids is 1. The van der Waals surface area contributed by atoms with Crippen LogP contribution in [0.2, 0.25) is 0 Å². The molecule has 1 aromatic carbocycles. The maximum Gasteiger partial charge on any atom is 0.220 e. The van der Waals surface area contributed by atoms with Gasteiger partial charge in [0.25, 0.3) is 0 Å². The van der Waals surface area contributed by atoms with Crippen molar-refractivity contribution >= 4 is 5.91 Å². The van der Waals surface area contributed by atoms with Crippen molar-refractivity contribution in [3.63, 3.8) is 0 Å². The summed E-state index contributed by atoms with van der Waals surface area (Å²) in [6, 6.07) is 7.87. The first kappa shape index (κ1) is 16.8. The summed E-state index contributed by atoms with van der Waals surface area (Å²) in [5.74, 6) is 2.02. The predicted molar refractivity (Wildman–Crippen MR) is 88.9 cm³/mol. The summed E-state index contributed by atoms with van der Waals surface area (Å²) in [6.45, 7) is 6.37. The number of piperidine rings is 1. The lowest BCUT2D eigenvalue weighted by Gasteiger charge is -2.28. The Morgan fingerprint density at radius 3 is 2.68 bits per heavy atom. The molecule has 2 rings (SSSR count). The molecule has 0 aliphatic carbocycles. The molecule has 1 aliphatic heterocycles. The van der Waals surface area contributed by atoms with Gasteiger partial charge < -0.3 is 15.4 Å². The summed E-state index contributed by atoms with van der Waals surface area (Å²) in [5, 5.41) is 6.53. The highest BCUT2D eigenvalue weighted by Crippen LogP contribution is 2.23. The second-order valence-corrected chi connectivity index (χ2v) is 6.35. The van der Waals surface area contributed by atoms with E-state index >= 15 is 0 Å². The van der Waals surface area contributed by atoms with Crippen molar-refractivity contribution in [1.29, 1.82) is 0 Å². The molecule has 0 radical (unpaired) electrons. The average Bonchev–Trinajstić information content (AvgIpc) is 2.55. The van der Waals surface area contributed by atoms with Crippen LogP contribution in [0.4, 0.5) is 0 Å². The van der Waals surface area contributed by atoms with Crippen molar-refractivity contribution in [3.05, 3.63) is 29.8 Å². The van der Waals surface area contributed by atoms with E-state index in [1.165, 1.54) is 12.8 Å². The van der Waals surface area contributed by atoms with Crippen molar-refractivity contribution in [1.82, 2.24) is 10.6 Å². The van der Waals surface area contributed by atoms with Crippen LogP contribution in [-0.4, -0.2) is 26.1 Å². The zero-order chi connectivity index (χ0) is 15.9. The number of methoxy groups -OCH3 is 1. The smallest absolute Gasteiger partial charge is 0.220 e. The summed E-state index contributed by atoms with van der Waals surface area (Å²) in [6.07, 6.45) is 3.06. The molecule has 1 aliphatic rings. The SMILES string of the molecule is COc1ccc(C(C)NC(=O)CC(C)C2CCCNC2)cc1. The van der Waals surface area contributed by atoms with Gasteiger partial charge in [-0.05, 0) is 62.4 Å². The molecule has 2 N–H and O–H groups in total. The first-order valence-electron chi connectivity index (χ1n) is 8.24. The fourth-order valence-electron chi connectivity index (χ4n) is 3.10. The fourth-order valence-corrected chi connectivity index (χ4v) is 3.10. The van der Waals surface area contributed by atoms with Gasteiger partial charge in [0.1, 0.15) is 5.75 Å². The van der Waals surface area contributed by atoms with Crippen molar-refractivity contribution in [2.24, 2.45) is 11.8 Å². The van der Waals surface area contributed by atoms with E-state index in [4.69, 9.17) is 4.74 Å². The van der Waals surface area contributed by atoms with Crippen molar-refractivity contribution in [2.75, 3.05) is 20.2 Å². The van der Waals surface area contributed by atoms with Gasteiger partial charge in [0, 0.05) is 6.42 Å². The Morgan fingerprint density at radius 1 is 1.36 bits per heavy atom. The number of carbonyl (C=O) groups is 1. The molecule has 1 heterocycles. The van der Waals surface area contributed by atoms with E-state index in [-0.39, 0.29) is 11.9 Å². The van der Waals surface area contributed by atoms with Gasteiger partial charge in [0.05, 0.1) is 13.2 Å². The highest BCUT2D eigenvalue weighted by Gasteiger charge is 2.22. The number of rotatable bonds is 6. The Balaban J connectivity index is 1.82. The van der Waals surface area contributed by atoms with Crippen LogP contribution in [0.3, 0.4) is 0 Å². The minimum atomic E-state index is 0.0232. The Morgan fingerprint density at radius 2 is 2.09 bits per heavy atom. The minimum absolute atomic E-state index is 0.0232. The molecule has 0 saturated carbocycles. The zero-order valence-corrected chi connectivity index (χ0v) is 13.9. The van der Waals surface area contributed by atoms with Crippen LogP contribution < -0.4 is 15.4 Å². The third kappa shape index (κ3) is 4.73. The maximum atomic E-state index is 12.2. The molecule has 4 nitrogen and oxygen atoms in total. The van der Waals surface area contributed by atoms with Crippen LogP contribution in [0.15, 0.2) is 24.3 Å². The van der Waals surface area contributed by atoms with Gasteiger partial charge in [-0.2, -0.15) is 0 Å². The molecule has 0 bridgehead atoms. The molecule has 1 saturated heterocycles. The number of ether oxygens (including phenoxy) is 1. The summed E-state index contributed by atoms with van der Waals surface area (Å²) in [5.41, 5.74) is 1.10. The van der Waals surface area contributed by atoms with Gasteiger partial charge in [-0.3, -0.25) is 4.79 Å². The molecule has 0 spiro atoms. The quantitative estimate of drug-likeness (QED) is 0.849. The monoisotopic (exact) mass is 304 g/mol. The molecule has 3 atom stereocenters. The number of hydrogen-bond donors (Lipinski definition) is 2. The summed E-state index contributed by atoms with van der Waals surface area (Å²) < 4.78 is 5.16. The first-order chi connectivity index (χ1) is 10.6. The summed E-state index contributed by atoms with van der Waals surface area (Å²) >= 11 is 0. The molecule has 1 aromatic rings. The van der Waals surface area contributed by atoms with Crippen molar-refractivity contribution in [3.8, 4) is 5.75 Å². The maximum absolute atomic E-state index is 12.2. The second kappa shape index (κ2) is 8.18. The highest BCUT2D eigenvalue weighted by atomic mass is 16.5. The number of amides is 1. The van der Waals surface area contributed by atoms with E-state index in [9.17, 15) is 4.79 Å². The standard InChI is InChI=1S/C18H28N2O2/c1-13(16-5-4-10-19-12-16)11-18(21)20-14(2)15-6-8-17(22-3)9-7-15/h6-9,13-14,16,19H,4-5,10-12H2,1-3H3,(H,20,21). The van der Waals surface area contributed by atoms with Crippen LogP contribution in [0.25, 0.3) is 0 Å². The average molecular weight is 304 g/mol. The minimum Gasteiger partial charge on any atom is -0.497 e. The van der Waals surface area contributed by atoms with Crippen molar-refractivity contribution < 1.29 is 9.53 Å². The molecule has 3 unspecified atom stereocenters. The predicted octanol–water partition coefficient (Wildman–Crippen LogP) is 2.90. The molecule has 0 aromatic heterocycles. The highest BCUT2D eigenvalue weighted by molar-refractivity contribution is 5.76. The fraction of sp³-hybridized carbons (Fsp3) is 0.611. The zero-order valence-electron chi connectivity index (χ0n) is 13.9. The lowest BCUT2D eigenvalue weighted by Crippen LogP contribution is -2.36. The van der Waals surface area contributed by atoms with Gasteiger partial charge in [-0.25, -0.2) is 0 Å². The number of benzene rings is 1. The number of hydrogen-bond acceptors (Lipinski definition) is 3. The van der Waals surface area contributed by atoms with E-state index in [0.29, 0.717) is 18.3 Å². The normalized spacial score (nSPS) is 21.0. The lowest BCUT2D eigenvalue weighted by atomic mass is 9.85. The molecule has 1 amide bonds. The molecule has 1 fully saturated rings. The van der Waals surface area contributed by atoms with E-state index < -0.39 is 0 Å². The third-order valence-electron chi connectivity index (χ3n) is 4.64. The molecule has 4 heteroatoms. The molecular formula is C18H28N2O2. The van der Waals surface area contributed by atoms with Gasteiger partial charge >= 0.3 is 0 Å². The Bertz CT molecular complexity index is 466. The van der Waals surface area contributed by atoms with Gasteiger partial charge in [-0.15, -0.1) is 0 Å². The van der Waals surface area contributed by atoms with Crippen LogP contribution in [0.5, 0.6) is 5.75 Å². The Hall–Kier alpha value is -1.55. The summed E-state index contributed by atoms with van der Waals surface area (Å²) in [4.78, 5) is 12.2. The lowest BCUT2D eigenvalue weighted by molar-refractivity contribution is -0.123. The second-order valence-electron chi connectivity index (χ2n) is 6.35. The van der Waals surface area contributed by atoms with Gasteiger partial charge in [0.2, 0.25) is 5.91 Å². The van der Waals surface area contributed by atoms with Gasteiger partial charge in [-0.1, -0.05) is 19.1 Å². The number of nitrogens with one attached hydrogen (secondary N) is 2. The Kier molecular flexibility index (Phi) is 6.25. The third-order valence-corrected chi connectivity index (χ3v) is 4.64. The van der Waals surface area contributed by atoms with E-state index in [0.717, 1.165) is 24.4 Å². The van der Waals surface area contributed by atoms with E-state index in [1.807, 2.05) is 31.2 Å². The largest absolute Gasteiger partial charge is 0.497 e. The Labute approximate surface area is 133 Å². The topological polar surface area (TPSA) is 50.4 Å². The van der Waals surface area contributed by atoms with Crippen LogP contribution in [0, 0.1) is 11.8 Å². The van der Waals surface area contributed by atoms with Crippen LogP contribution >= 0.6 is 0 Å². The first-order valence-corrected chi connectivity index (χ1v) is 8.24. The molecular weight excluding hydrogens is 276 g/mol. The van der Waals surface area contributed by atoms with Crippen LogP contribution in [-0.2, 0) is 4.79 Å². The van der Waals surface area contributed by atoms with Crippen LogP contribution in [0.1, 0.15) is 44.7 Å².